The minimum Gasteiger partial charge on any atom is -0.478 e. The summed E-state index contributed by atoms with van der Waals surface area (Å²) in [6, 6.07) is 8.38. The van der Waals surface area contributed by atoms with Crippen molar-refractivity contribution in [2.45, 2.75) is 376 Å². The third-order valence-electron chi connectivity index (χ3n) is 30.2. The molecule has 1 aromatic carbocycles. The molecule has 0 unspecified atom stereocenters. The number of nitrogens with one attached hydrogen (secondary N) is 2. The lowest BCUT2D eigenvalue weighted by Gasteiger charge is -2.48. The van der Waals surface area contributed by atoms with E-state index in [-0.39, 0.29) is 134 Å². The zero-order valence-electron chi connectivity index (χ0n) is 82.6. The van der Waals surface area contributed by atoms with Crippen LogP contribution in [0.4, 0.5) is 0 Å². The first-order valence-electron chi connectivity index (χ1n) is 48.8. The fourth-order valence-corrected chi connectivity index (χ4v) is 22.5. The number of hydrogen-bond acceptors (Lipinski definition) is 29. The highest BCUT2D eigenvalue weighted by molar-refractivity contribution is 5.87. The van der Waals surface area contributed by atoms with Crippen LogP contribution < -0.4 is 10.6 Å². The van der Waals surface area contributed by atoms with Gasteiger partial charge in [-0.1, -0.05) is 153 Å². The number of aliphatic hydroxyl groups excluding tert-OH is 2. The van der Waals surface area contributed by atoms with Gasteiger partial charge in [0.15, 0.2) is 36.7 Å². The number of aromatic carboxylic acids is 1. The van der Waals surface area contributed by atoms with Gasteiger partial charge in [-0.25, -0.2) is 4.79 Å². The van der Waals surface area contributed by atoms with Gasteiger partial charge in [-0.05, 0) is 152 Å². The molecule has 12 aliphatic heterocycles. The molecule has 4 bridgehead atoms. The van der Waals surface area contributed by atoms with Gasteiger partial charge in [0.05, 0.1) is 116 Å². The van der Waals surface area contributed by atoms with E-state index < -0.39 is 139 Å². The number of esters is 2. The molecule has 134 heavy (non-hydrogen) atoms. The van der Waals surface area contributed by atoms with Crippen LogP contribution in [0.3, 0.4) is 0 Å². The normalized spacial score (nSPS) is 45.2. The summed E-state index contributed by atoms with van der Waals surface area (Å²) in [4.78, 5) is 38.9. The average Bonchev–Trinajstić information content (AvgIpc) is 1.56. The van der Waals surface area contributed by atoms with Crippen LogP contribution in [0.5, 0.6) is 0 Å². The van der Waals surface area contributed by atoms with Gasteiger partial charge in [0.2, 0.25) is 0 Å². The Kier molecular flexibility index (Phi) is 36.0. The highest BCUT2D eigenvalue weighted by atomic mass is 16.8. The van der Waals surface area contributed by atoms with Gasteiger partial charge in [0.25, 0.3) is 0 Å². The van der Waals surface area contributed by atoms with Crippen LogP contribution in [0.15, 0.2) is 149 Å². The zero-order chi connectivity index (χ0) is 96.7. The SMILES string of the molecule is CC[C@H](C)[C@H]1O[C@]2(C=C[C@@H]1C)C[C@@H]1C[C@@H](C/C=C(\C)[C@@H](O[C@H]3C[C@H](OC)[C@@H](O[C@H]4C[C@@H](OC)[C@H](NC)[C@@H](C)O4)[C@H](C)O3)[C@@H](C)/C=C/C=C3CO[C@@H]4[C@H](O)C(C)=C[C@@H](C(=O)O1)[C@]34O)O2.CN[C@@H]1[C@@H](C)O[C@@H](O[C@H]2[C@H](C)O[C@@H](O[C@@H]3/C(C)=C/C[C@@H]4C[C@@H](C[C@]5(C=C[C@H](C)[C@@H](C(C)C)O5)O4)OC(=O)[C@@H]4C=C(C)[C@@H](O)[C@H]5OCC(=C/C=C/[C@@H]3C)[C@]54O)C[C@@H]2OC)C[C@H]1OC.O=C(O)c1ccccc1. The molecule has 8 saturated heterocycles. The summed E-state index contributed by atoms with van der Waals surface area (Å²) in [7, 11) is 10.6. The van der Waals surface area contributed by atoms with Crippen LogP contribution >= 0.6 is 0 Å². The molecule has 1 aromatic rings. The van der Waals surface area contributed by atoms with Crippen molar-refractivity contribution in [1.82, 2.24) is 10.6 Å². The fraction of sp³-hybridized carbons (Fsp3) is 0.721. The van der Waals surface area contributed by atoms with Gasteiger partial charge in [-0.15, -0.1) is 0 Å². The van der Waals surface area contributed by atoms with Crippen molar-refractivity contribution in [3.63, 3.8) is 0 Å². The minimum atomic E-state index is -1.83. The van der Waals surface area contributed by atoms with Crippen molar-refractivity contribution >= 4 is 17.9 Å². The van der Waals surface area contributed by atoms with E-state index in [0.717, 1.165) is 17.6 Å². The summed E-state index contributed by atoms with van der Waals surface area (Å²) in [5.74, 6) is -5.95. The lowest BCUT2D eigenvalue weighted by molar-refractivity contribution is -0.312. The van der Waals surface area contributed by atoms with E-state index in [1.54, 1.807) is 96.9 Å². The molecule has 30 nitrogen and oxygen atoms in total. The number of rotatable bonds is 18. The smallest absolute Gasteiger partial charge is 0.335 e. The maximum Gasteiger partial charge on any atom is 0.335 e. The highest BCUT2D eigenvalue weighted by Crippen LogP contribution is 2.51. The topological polar surface area (TPSA) is 361 Å². The van der Waals surface area contributed by atoms with Gasteiger partial charge < -0.3 is 131 Å². The Hall–Kier alpha value is -5.93. The summed E-state index contributed by atoms with van der Waals surface area (Å²) in [6.45, 7) is 32.7. The first-order chi connectivity index (χ1) is 63.8. The number of carbonyl (C=O) groups excluding carboxylic acids is 2. The number of carboxylic acid groups (broad SMARTS) is 1. The number of hydrogen-bond donors (Lipinski definition) is 7. The molecule has 0 saturated carbocycles. The molecule has 8 fully saturated rings. The number of fused-ring (bicyclic) bond motifs is 4. The van der Waals surface area contributed by atoms with Crippen LogP contribution in [-0.2, 0) is 104 Å². The lowest BCUT2D eigenvalue weighted by Crippen LogP contribution is -2.58. The third kappa shape index (κ3) is 23.4. The molecular weight excluding hydrogens is 1730 g/mol. The molecule has 30 heteroatoms. The van der Waals surface area contributed by atoms with E-state index >= 15 is 0 Å². The van der Waals surface area contributed by atoms with Crippen LogP contribution in [0.1, 0.15) is 192 Å². The Labute approximate surface area is 792 Å². The summed E-state index contributed by atoms with van der Waals surface area (Å²) >= 11 is 0. The lowest BCUT2D eigenvalue weighted by atomic mass is 9.71. The van der Waals surface area contributed by atoms with Gasteiger partial charge >= 0.3 is 17.9 Å². The maximum absolute atomic E-state index is 14.4. The van der Waals surface area contributed by atoms with Crippen molar-refractivity contribution in [3.05, 3.63) is 154 Å². The average molecular weight is 1880 g/mol. The fourth-order valence-electron chi connectivity index (χ4n) is 22.5. The second-order valence-electron chi connectivity index (χ2n) is 40.1. The van der Waals surface area contributed by atoms with Crippen molar-refractivity contribution in [1.29, 1.82) is 0 Å². The summed E-state index contributed by atoms with van der Waals surface area (Å²) < 4.78 is 129. The van der Waals surface area contributed by atoms with Crippen LogP contribution in [0.2, 0.25) is 0 Å². The molecule has 7 N–H and O–H groups in total. The molecule has 15 rings (SSSR count). The molecule has 748 valence electrons. The summed E-state index contributed by atoms with van der Waals surface area (Å²) in [5, 5.41) is 62.5. The predicted octanol–water partition coefficient (Wildman–Crippen LogP) is 12.2. The number of ether oxygens (including phenoxy) is 20. The molecule has 12 heterocycles. The Morgan fingerprint density at radius 3 is 1.26 bits per heavy atom. The summed E-state index contributed by atoms with van der Waals surface area (Å²) in [6.07, 6.45) is 20.5. The molecule has 0 amide bonds. The van der Waals surface area contributed by atoms with Gasteiger partial charge in [-0.2, -0.15) is 0 Å². The van der Waals surface area contributed by atoms with Crippen molar-refractivity contribution in [2.24, 2.45) is 47.3 Å². The number of carbonyl (C=O) groups is 3. The number of aliphatic hydroxyl groups is 4. The van der Waals surface area contributed by atoms with Gasteiger partial charge in [0, 0.05) is 103 Å². The van der Waals surface area contributed by atoms with Crippen molar-refractivity contribution in [3.8, 4) is 0 Å². The number of allylic oxidation sites excluding steroid dienone is 4. The predicted molar refractivity (Wildman–Crippen MR) is 497 cm³/mol. The Morgan fingerprint density at radius 1 is 0.493 bits per heavy atom. The Morgan fingerprint density at radius 2 is 0.881 bits per heavy atom. The first kappa shape index (κ1) is 105. The maximum atomic E-state index is 14.4. The van der Waals surface area contributed by atoms with E-state index in [1.807, 2.05) is 78.2 Å². The molecular formula is C104H154N2O28. The second kappa shape index (κ2) is 45.8. The number of methoxy groups -OCH3 is 4. The largest absolute Gasteiger partial charge is 0.478 e. The number of likely N-dealkylation sites (N-methyl/N-ethyl adjacent to an activating group) is 2. The third-order valence-corrected chi connectivity index (χ3v) is 30.2. The quantitative estimate of drug-likeness (QED) is 0.0530. The number of benzene rings is 1. The van der Waals surface area contributed by atoms with Gasteiger partial charge in [0.1, 0.15) is 71.9 Å². The standard InChI is InChI=1S/C49H75NO13.C48H73NO13.C7H6O2/c1-12-26(2)44-29(5)18-19-48(63-44)24-35-21-34(62-48)17-16-28(4)43(27(3)14-13-15-33-25-56-46-42(51)30(6)20-36(47(52)59-35)49(33,46)53)60-40-23-38(55-11)45(32(8)58-40)61-39-22-37(54-10)41(50-9)31(7)57-39;1-25(2)42-28(5)17-18-47(62-42)23-34-20-33(61-47)16-15-27(4)43(26(3)13-12-14-32-24-55-45-41(50)29(6)19-35(46(51)58-34)48(32,45)52)59-39-22-37(54-11)44(31(8)57-39)60-38-21-36(53-10)40(49-9)30(7)56-38;8-7(9)6-4-2-1-3-5-6/h13-16,18-20,26-27,29,31-32,34-46,50-51,53H,12,17,21-25H2,1-11H3;12-15,17-19,25-26,28,30-31,33-45,49-50,52H,16,20-24H2,1-11H3;1-5H,(H,8,9)/b14-13+,28-16+,33-15?;13-12+,27-15+,32-14?;/t26-,27-,29-,31+,32-,34+,35-,36-,37+,38-,39-,40-,41+,42+,43-,44+,45-,46+,48+,49+;26-,28-,30+,31-,33+,34-,35-,36+,37-,38-,39-,40+,41+,42+,43-,44-,45+,47+,48+;/m00./s1. The monoisotopic (exact) mass is 1880 g/mol. The number of carboxylic acids is 1. The second-order valence-corrected chi connectivity index (χ2v) is 40.1. The van der Waals surface area contributed by atoms with E-state index in [2.05, 4.69) is 104 Å². The molecule has 2 aliphatic carbocycles. The van der Waals surface area contributed by atoms with Crippen molar-refractivity contribution in [2.75, 3.05) is 55.7 Å². The molecule has 39 atom stereocenters. The summed E-state index contributed by atoms with van der Waals surface area (Å²) in [5.41, 5.74) is 0.686. The van der Waals surface area contributed by atoms with E-state index in [4.69, 9.17) is 99.8 Å². The van der Waals surface area contributed by atoms with Crippen molar-refractivity contribution < 1.29 is 135 Å². The molecule has 14 aliphatic rings. The Bertz CT molecular complexity index is 4410. The molecule has 0 radical (unpaired) electrons. The highest BCUT2D eigenvalue weighted by Gasteiger charge is 2.63. The van der Waals surface area contributed by atoms with E-state index in [1.165, 1.54) is 0 Å². The molecule has 0 aromatic heterocycles. The molecule has 2 spiro atoms. The zero-order valence-corrected chi connectivity index (χ0v) is 82.6. The van der Waals surface area contributed by atoms with Gasteiger partial charge in [-0.3, -0.25) is 9.59 Å². The first-order valence-corrected chi connectivity index (χ1v) is 48.8. The van der Waals surface area contributed by atoms with Crippen LogP contribution in [0.25, 0.3) is 0 Å². The minimum absolute atomic E-state index is 0.0407. The van der Waals surface area contributed by atoms with E-state index in [0.29, 0.717) is 92.1 Å². The van der Waals surface area contributed by atoms with Crippen LogP contribution in [0, 0.1) is 47.3 Å². The van der Waals surface area contributed by atoms with Crippen LogP contribution in [-0.4, -0.2) is 293 Å². The van der Waals surface area contributed by atoms with E-state index in [9.17, 15) is 34.8 Å². The Balaban J connectivity index is 0.000000207.